The molecule has 2 heterocycles. The molecular weight excluding hydrogens is 228 g/mol. The normalized spacial score (nSPS) is 19.3. The van der Waals surface area contributed by atoms with Crippen molar-refractivity contribution in [3.63, 3.8) is 0 Å². The molecule has 1 amide bonds. The number of rotatable bonds is 3. The second-order valence-corrected chi connectivity index (χ2v) is 4.78. The van der Waals surface area contributed by atoms with Crippen molar-refractivity contribution < 1.29 is 4.79 Å². The van der Waals surface area contributed by atoms with Crippen LogP contribution in [-0.2, 0) is 4.79 Å². The minimum absolute atomic E-state index is 0.0331. The maximum atomic E-state index is 12.1. The van der Waals surface area contributed by atoms with Crippen LogP contribution in [0.5, 0.6) is 0 Å². The summed E-state index contributed by atoms with van der Waals surface area (Å²) in [6.45, 7) is 0.922. The van der Waals surface area contributed by atoms with E-state index in [0.29, 0.717) is 0 Å². The summed E-state index contributed by atoms with van der Waals surface area (Å²) in [4.78, 5) is 18.2. The van der Waals surface area contributed by atoms with Crippen LogP contribution in [0.3, 0.4) is 0 Å². The fourth-order valence-electron chi connectivity index (χ4n) is 2.17. The van der Waals surface area contributed by atoms with Crippen molar-refractivity contribution in [1.29, 1.82) is 0 Å². The van der Waals surface area contributed by atoms with Crippen LogP contribution in [0.25, 0.3) is 0 Å². The van der Waals surface area contributed by atoms with Gasteiger partial charge in [0.2, 0.25) is 5.91 Å². The fourth-order valence-corrected chi connectivity index (χ4v) is 2.17. The van der Waals surface area contributed by atoms with Gasteiger partial charge in [-0.15, -0.1) is 0 Å². The molecule has 0 aliphatic carbocycles. The van der Waals surface area contributed by atoms with E-state index in [1.165, 1.54) is 0 Å². The maximum Gasteiger partial charge on any atom is 0.241 e. The molecule has 0 radical (unpaired) electrons. The molecule has 0 saturated carbocycles. The lowest BCUT2D eigenvalue weighted by molar-refractivity contribution is -0.118. The molecule has 0 unspecified atom stereocenters. The van der Waals surface area contributed by atoms with Gasteiger partial charge in [-0.1, -0.05) is 6.42 Å². The van der Waals surface area contributed by atoms with Crippen LogP contribution in [0.15, 0.2) is 18.5 Å². The third-order valence-electron chi connectivity index (χ3n) is 3.16. The summed E-state index contributed by atoms with van der Waals surface area (Å²) in [7, 11) is 3.90. The first kappa shape index (κ1) is 12.8. The summed E-state index contributed by atoms with van der Waals surface area (Å²) >= 11 is 0. The van der Waals surface area contributed by atoms with Gasteiger partial charge in [-0.2, -0.15) is 0 Å². The van der Waals surface area contributed by atoms with Gasteiger partial charge in [-0.05, 0) is 25.5 Å². The van der Waals surface area contributed by atoms with E-state index >= 15 is 0 Å². The Morgan fingerprint density at radius 3 is 3.00 bits per heavy atom. The molecule has 1 aliphatic heterocycles. The molecule has 0 bridgehead atoms. The Labute approximate surface area is 108 Å². The molecule has 1 atom stereocenters. The predicted octanol–water partition coefficient (Wildman–Crippen LogP) is 1.23. The second kappa shape index (κ2) is 5.82. The van der Waals surface area contributed by atoms with Crippen LogP contribution in [0.2, 0.25) is 0 Å². The summed E-state index contributed by atoms with van der Waals surface area (Å²) in [5.41, 5.74) is 1.73. The lowest BCUT2D eigenvalue weighted by Crippen LogP contribution is -2.43. The Balaban J connectivity index is 2.06. The van der Waals surface area contributed by atoms with E-state index in [1.54, 1.807) is 12.4 Å². The van der Waals surface area contributed by atoms with Gasteiger partial charge in [0.15, 0.2) is 0 Å². The van der Waals surface area contributed by atoms with E-state index in [9.17, 15) is 4.79 Å². The fraction of sp³-hybridized carbons (Fsp3) is 0.538. The number of carbonyl (C=O) groups is 1. The highest BCUT2D eigenvalue weighted by Crippen LogP contribution is 2.22. The van der Waals surface area contributed by atoms with Crippen molar-refractivity contribution >= 4 is 17.3 Å². The molecule has 1 aliphatic rings. The van der Waals surface area contributed by atoms with Crippen LogP contribution in [0.4, 0.5) is 11.4 Å². The van der Waals surface area contributed by atoms with Crippen molar-refractivity contribution in [3.8, 4) is 0 Å². The molecule has 2 rings (SSSR count). The molecular formula is C13H20N4O. The summed E-state index contributed by atoms with van der Waals surface area (Å²) in [6, 6.07) is 1.82. The molecule has 1 aromatic rings. The molecule has 1 aromatic heterocycles. The number of nitrogens with zero attached hydrogens (tertiary/aromatic N) is 2. The predicted molar refractivity (Wildman–Crippen MR) is 72.8 cm³/mol. The molecule has 0 aromatic carbocycles. The van der Waals surface area contributed by atoms with Crippen LogP contribution in [-0.4, -0.2) is 37.6 Å². The van der Waals surface area contributed by atoms with Gasteiger partial charge in [-0.25, -0.2) is 0 Å². The first-order chi connectivity index (χ1) is 8.68. The Morgan fingerprint density at radius 1 is 1.50 bits per heavy atom. The third kappa shape index (κ3) is 2.98. The summed E-state index contributed by atoms with van der Waals surface area (Å²) in [5.74, 6) is 0.0331. The SMILES string of the molecule is CN(C)c1ccncc1NC(=O)[C@H]1CCCCN1. The lowest BCUT2D eigenvalue weighted by Gasteiger charge is -2.24. The number of hydrogen-bond donors (Lipinski definition) is 2. The topological polar surface area (TPSA) is 57.3 Å². The van der Waals surface area contributed by atoms with Gasteiger partial charge in [0.25, 0.3) is 0 Å². The van der Waals surface area contributed by atoms with Crippen molar-refractivity contribution in [3.05, 3.63) is 18.5 Å². The first-order valence-electron chi connectivity index (χ1n) is 6.34. The number of pyridine rings is 1. The summed E-state index contributed by atoms with van der Waals surface area (Å²) in [5, 5.41) is 6.20. The average molecular weight is 248 g/mol. The lowest BCUT2D eigenvalue weighted by atomic mass is 10.0. The minimum Gasteiger partial charge on any atom is -0.376 e. The quantitative estimate of drug-likeness (QED) is 0.844. The van der Waals surface area contributed by atoms with Crippen molar-refractivity contribution in [2.75, 3.05) is 30.9 Å². The highest BCUT2D eigenvalue weighted by atomic mass is 16.2. The number of hydrogen-bond acceptors (Lipinski definition) is 4. The van der Waals surface area contributed by atoms with Gasteiger partial charge in [0.05, 0.1) is 23.6 Å². The molecule has 1 fully saturated rings. The highest BCUT2D eigenvalue weighted by Gasteiger charge is 2.21. The number of anilines is 2. The van der Waals surface area contributed by atoms with E-state index in [1.807, 2.05) is 25.1 Å². The zero-order valence-corrected chi connectivity index (χ0v) is 10.9. The van der Waals surface area contributed by atoms with E-state index in [0.717, 1.165) is 37.2 Å². The number of carbonyl (C=O) groups excluding carboxylic acids is 1. The van der Waals surface area contributed by atoms with E-state index in [-0.39, 0.29) is 11.9 Å². The smallest absolute Gasteiger partial charge is 0.241 e. The summed E-state index contributed by atoms with van der Waals surface area (Å²) < 4.78 is 0. The molecule has 18 heavy (non-hydrogen) atoms. The Morgan fingerprint density at radius 2 is 2.33 bits per heavy atom. The van der Waals surface area contributed by atoms with E-state index in [2.05, 4.69) is 15.6 Å². The zero-order valence-electron chi connectivity index (χ0n) is 10.9. The number of piperidine rings is 1. The summed E-state index contributed by atoms with van der Waals surface area (Å²) in [6.07, 6.45) is 6.58. The van der Waals surface area contributed by atoms with Crippen LogP contribution in [0, 0.1) is 0 Å². The standard InChI is InChI=1S/C13H20N4O/c1-17(2)12-6-8-14-9-11(12)16-13(18)10-5-3-4-7-15-10/h6,8-10,15H,3-5,7H2,1-2H3,(H,16,18)/t10-/m1/s1. The molecule has 5 heteroatoms. The largest absolute Gasteiger partial charge is 0.376 e. The second-order valence-electron chi connectivity index (χ2n) is 4.78. The molecule has 5 nitrogen and oxygen atoms in total. The Kier molecular flexibility index (Phi) is 4.15. The van der Waals surface area contributed by atoms with Crippen LogP contribution in [0.1, 0.15) is 19.3 Å². The van der Waals surface area contributed by atoms with Crippen molar-refractivity contribution in [2.45, 2.75) is 25.3 Å². The monoisotopic (exact) mass is 248 g/mol. The molecule has 98 valence electrons. The van der Waals surface area contributed by atoms with Crippen molar-refractivity contribution in [1.82, 2.24) is 10.3 Å². The first-order valence-corrected chi connectivity index (χ1v) is 6.34. The number of nitrogens with one attached hydrogen (secondary N) is 2. The van der Waals surface area contributed by atoms with Gasteiger partial charge < -0.3 is 15.5 Å². The van der Waals surface area contributed by atoms with Gasteiger partial charge in [0, 0.05) is 20.3 Å². The molecule has 2 N–H and O–H groups in total. The van der Waals surface area contributed by atoms with E-state index in [4.69, 9.17) is 0 Å². The van der Waals surface area contributed by atoms with Crippen LogP contribution >= 0.6 is 0 Å². The number of aromatic nitrogens is 1. The van der Waals surface area contributed by atoms with Gasteiger partial charge in [0.1, 0.15) is 0 Å². The minimum atomic E-state index is -0.0750. The van der Waals surface area contributed by atoms with Crippen LogP contribution < -0.4 is 15.5 Å². The molecule has 1 saturated heterocycles. The third-order valence-corrected chi connectivity index (χ3v) is 3.16. The zero-order chi connectivity index (χ0) is 13.0. The molecule has 0 spiro atoms. The van der Waals surface area contributed by atoms with Gasteiger partial charge >= 0.3 is 0 Å². The van der Waals surface area contributed by atoms with Crippen molar-refractivity contribution in [2.24, 2.45) is 0 Å². The Hall–Kier alpha value is -1.62. The Bertz CT molecular complexity index is 413. The number of amides is 1. The maximum absolute atomic E-state index is 12.1. The highest BCUT2D eigenvalue weighted by molar-refractivity contribution is 5.97. The van der Waals surface area contributed by atoms with E-state index < -0.39 is 0 Å². The average Bonchev–Trinajstić information content (AvgIpc) is 2.40. The van der Waals surface area contributed by atoms with Gasteiger partial charge in [-0.3, -0.25) is 9.78 Å².